The molecule has 26 heavy (non-hydrogen) atoms. The molecule has 2 aromatic heterocycles. The first-order valence-corrected chi connectivity index (χ1v) is 8.59. The smallest absolute Gasteiger partial charge is 0.360 e. The Hall–Kier alpha value is -2.36. The second kappa shape index (κ2) is 5.83. The monoisotopic (exact) mass is 383 g/mol. The summed E-state index contributed by atoms with van der Waals surface area (Å²) in [5, 5.41) is 7.45. The summed E-state index contributed by atoms with van der Waals surface area (Å²) in [4.78, 5) is 7.88. The Morgan fingerprint density at radius 1 is 1.23 bits per heavy atom. The molecule has 1 aliphatic rings. The Morgan fingerprint density at radius 2 is 2.00 bits per heavy atom. The molecule has 1 aliphatic carbocycles. The van der Waals surface area contributed by atoms with Crippen molar-refractivity contribution in [1.82, 2.24) is 19.6 Å². The van der Waals surface area contributed by atoms with Crippen LogP contribution in [0.25, 0.3) is 5.78 Å². The first-order valence-electron chi connectivity index (χ1n) is 7.77. The largest absolute Gasteiger partial charge is 0.446 e. The molecule has 4 rings (SSSR count). The lowest BCUT2D eigenvalue weighted by Gasteiger charge is -2.20. The van der Waals surface area contributed by atoms with Crippen molar-refractivity contribution < 1.29 is 17.6 Å². The van der Waals surface area contributed by atoms with Crippen LogP contribution in [0, 0.1) is 12.7 Å². The first-order chi connectivity index (χ1) is 12.3. The summed E-state index contributed by atoms with van der Waals surface area (Å²) in [6, 6.07) is 5.67. The number of halogens is 4. The average Bonchev–Trinajstić information content (AvgIpc) is 3.16. The van der Waals surface area contributed by atoms with E-state index >= 15 is 0 Å². The molecule has 5 nitrogen and oxygen atoms in total. The molecule has 0 radical (unpaired) electrons. The van der Waals surface area contributed by atoms with Gasteiger partial charge in [-0.05, 0) is 49.2 Å². The van der Waals surface area contributed by atoms with Crippen LogP contribution in [-0.2, 0) is 5.54 Å². The van der Waals surface area contributed by atoms with Gasteiger partial charge in [0.2, 0.25) is 0 Å². The molecule has 0 bridgehead atoms. The normalized spacial score (nSPS) is 16.0. The fourth-order valence-electron chi connectivity index (χ4n) is 2.88. The number of alkyl halides is 3. The van der Waals surface area contributed by atoms with Gasteiger partial charge in [0.25, 0.3) is 5.78 Å². The highest BCUT2D eigenvalue weighted by atomic mass is 32.2. The third-order valence-electron chi connectivity index (χ3n) is 4.21. The lowest BCUT2D eigenvalue weighted by atomic mass is 10.0. The van der Waals surface area contributed by atoms with E-state index in [1.54, 1.807) is 6.07 Å². The molecule has 1 aromatic carbocycles. The van der Waals surface area contributed by atoms with E-state index < -0.39 is 33.5 Å². The molecular formula is C16H13F4N5S. The Kier molecular flexibility index (Phi) is 3.83. The summed E-state index contributed by atoms with van der Waals surface area (Å²) < 4.78 is 53.1. The highest BCUT2D eigenvalue weighted by molar-refractivity contribution is 8.00. The maximum atomic E-state index is 14.2. The lowest BCUT2D eigenvalue weighted by Crippen LogP contribution is -2.21. The van der Waals surface area contributed by atoms with Gasteiger partial charge in [-0.15, -0.1) is 0 Å². The van der Waals surface area contributed by atoms with Crippen LogP contribution in [0.15, 0.2) is 35.5 Å². The van der Waals surface area contributed by atoms with Gasteiger partial charge >= 0.3 is 5.51 Å². The van der Waals surface area contributed by atoms with Crippen LogP contribution >= 0.6 is 11.8 Å². The zero-order chi connectivity index (χ0) is 18.5. The molecule has 0 saturated heterocycles. The Balaban J connectivity index is 1.65. The van der Waals surface area contributed by atoms with Crippen LogP contribution in [0.5, 0.6) is 0 Å². The van der Waals surface area contributed by atoms with E-state index in [0.717, 1.165) is 18.5 Å². The van der Waals surface area contributed by atoms with Crippen LogP contribution in [0.4, 0.5) is 23.4 Å². The Morgan fingerprint density at radius 3 is 2.65 bits per heavy atom. The van der Waals surface area contributed by atoms with Crippen molar-refractivity contribution in [3.8, 4) is 0 Å². The van der Waals surface area contributed by atoms with Crippen molar-refractivity contribution in [2.75, 3.05) is 5.32 Å². The fourth-order valence-corrected chi connectivity index (χ4v) is 3.42. The molecule has 2 heterocycles. The summed E-state index contributed by atoms with van der Waals surface area (Å²) in [5.41, 5.74) is -3.71. The number of anilines is 1. The number of rotatable bonds is 4. The minimum absolute atomic E-state index is 0.435. The van der Waals surface area contributed by atoms with Crippen molar-refractivity contribution in [3.05, 3.63) is 47.7 Å². The van der Waals surface area contributed by atoms with Gasteiger partial charge in [0.15, 0.2) is 0 Å². The summed E-state index contributed by atoms with van der Waals surface area (Å²) in [7, 11) is 0. The Labute approximate surface area is 149 Å². The second-order valence-corrected chi connectivity index (χ2v) is 7.26. The maximum absolute atomic E-state index is 14.2. The van der Waals surface area contributed by atoms with Crippen LogP contribution in [0.3, 0.4) is 0 Å². The van der Waals surface area contributed by atoms with E-state index in [9.17, 15) is 17.6 Å². The van der Waals surface area contributed by atoms with Gasteiger partial charge in [-0.3, -0.25) is 0 Å². The predicted octanol–water partition coefficient (Wildman–Crippen LogP) is 4.28. The molecule has 0 amide bonds. The number of thioether (sulfide) groups is 1. The van der Waals surface area contributed by atoms with Gasteiger partial charge in [0.05, 0.1) is 10.4 Å². The van der Waals surface area contributed by atoms with Gasteiger partial charge in [0.1, 0.15) is 18.0 Å². The lowest BCUT2D eigenvalue weighted by molar-refractivity contribution is -0.0329. The van der Waals surface area contributed by atoms with Crippen LogP contribution < -0.4 is 5.32 Å². The van der Waals surface area contributed by atoms with Crippen molar-refractivity contribution >= 4 is 23.4 Å². The number of hydrogen-bond donors (Lipinski definition) is 1. The number of hydrogen-bond acceptors (Lipinski definition) is 5. The molecule has 10 heteroatoms. The maximum Gasteiger partial charge on any atom is 0.446 e. The minimum Gasteiger partial charge on any atom is -0.360 e. The van der Waals surface area contributed by atoms with E-state index in [0.29, 0.717) is 17.2 Å². The van der Waals surface area contributed by atoms with E-state index in [4.69, 9.17) is 0 Å². The third kappa shape index (κ3) is 3.20. The fraction of sp³-hybridized carbons (Fsp3) is 0.312. The molecule has 3 aromatic rings. The van der Waals surface area contributed by atoms with Crippen molar-refractivity contribution in [1.29, 1.82) is 0 Å². The zero-order valence-corrected chi connectivity index (χ0v) is 14.3. The SMILES string of the molecule is Cc1cc(NC2(c3ccc(SC(F)(F)F)c(F)c3)CC2)n2ncnc2n1. The highest BCUT2D eigenvalue weighted by Crippen LogP contribution is 2.49. The number of fused-ring (bicyclic) bond motifs is 1. The number of benzene rings is 1. The Bertz CT molecular complexity index is 980. The molecule has 0 unspecified atom stereocenters. The third-order valence-corrected chi connectivity index (χ3v) is 4.99. The summed E-state index contributed by atoms with van der Waals surface area (Å²) in [5.74, 6) is 0.206. The summed E-state index contributed by atoms with van der Waals surface area (Å²) >= 11 is -0.450. The average molecular weight is 383 g/mol. The first kappa shape index (κ1) is 17.1. The van der Waals surface area contributed by atoms with Gasteiger partial charge in [-0.2, -0.15) is 27.8 Å². The molecule has 0 aliphatic heterocycles. The molecule has 1 N–H and O–H groups in total. The van der Waals surface area contributed by atoms with Gasteiger partial charge in [0, 0.05) is 11.8 Å². The van der Waals surface area contributed by atoms with E-state index in [-0.39, 0.29) is 0 Å². The van der Waals surface area contributed by atoms with Crippen LogP contribution in [-0.4, -0.2) is 25.1 Å². The number of aryl methyl sites for hydroxylation is 1. The highest BCUT2D eigenvalue weighted by Gasteiger charge is 2.45. The van der Waals surface area contributed by atoms with E-state index in [2.05, 4.69) is 20.4 Å². The van der Waals surface area contributed by atoms with Gasteiger partial charge < -0.3 is 5.32 Å². The van der Waals surface area contributed by atoms with Gasteiger partial charge in [-0.1, -0.05) is 6.07 Å². The van der Waals surface area contributed by atoms with Crippen molar-refractivity contribution in [2.45, 2.75) is 35.7 Å². The van der Waals surface area contributed by atoms with Crippen molar-refractivity contribution in [3.63, 3.8) is 0 Å². The quantitative estimate of drug-likeness (QED) is 0.538. The van der Waals surface area contributed by atoms with Crippen molar-refractivity contribution in [2.24, 2.45) is 0 Å². The standard InChI is InChI=1S/C16H13F4N5S/c1-9-6-13(25-14(23-9)21-8-22-25)24-15(4-5-15)10-2-3-12(11(17)7-10)26-16(18,19)20/h2-3,6-8,24H,4-5H2,1H3. The molecule has 0 atom stereocenters. The summed E-state index contributed by atoms with van der Waals surface area (Å²) in [6.45, 7) is 1.82. The van der Waals surface area contributed by atoms with E-state index in [1.165, 1.54) is 29.0 Å². The van der Waals surface area contributed by atoms with E-state index in [1.807, 2.05) is 6.92 Å². The molecule has 1 saturated carbocycles. The van der Waals surface area contributed by atoms with Crippen LogP contribution in [0.1, 0.15) is 24.1 Å². The molecule has 136 valence electrons. The zero-order valence-electron chi connectivity index (χ0n) is 13.5. The predicted molar refractivity (Wildman–Crippen MR) is 88.4 cm³/mol. The molecule has 1 fully saturated rings. The second-order valence-electron chi connectivity index (χ2n) is 6.15. The number of nitrogens with zero attached hydrogens (tertiary/aromatic N) is 4. The topological polar surface area (TPSA) is 55.1 Å². The number of aromatic nitrogens is 4. The van der Waals surface area contributed by atoms with Crippen LogP contribution in [0.2, 0.25) is 0 Å². The minimum atomic E-state index is -4.52. The molecule has 0 spiro atoms. The summed E-state index contributed by atoms with van der Waals surface area (Å²) in [6.07, 6.45) is 2.85. The molecular weight excluding hydrogens is 370 g/mol. The van der Waals surface area contributed by atoms with Gasteiger partial charge in [-0.25, -0.2) is 9.37 Å². The number of nitrogens with one attached hydrogen (secondary N) is 1.